The van der Waals surface area contributed by atoms with Crippen LogP contribution < -0.4 is 4.74 Å². The maximum atomic E-state index is 13.0. The molecule has 4 rings (SSSR count). The Morgan fingerprint density at radius 3 is 2.47 bits per heavy atom. The van der Waals surface area contributed by atoms with E-state index in [1.54, 1.807) is 0 Å². The minimum atomic E-state index is -0.269. The van der Waals surface area contributed by atoms with Crippen LogP contribution in [-0.4, -0.2) is 33.8 Å². The number of carbonyl (C=O) groups is 2. The molecule has 5 nitrogen and oxygen atoms in total. The van der Waals surface area contributed by atoms with Gasteiger partial charge in [-0.15, -0.1) is 0 Å². The van der Waals surface area contributed by atoms with E-state index in [0.717, 1.165) is 51.3 Å². The van der Waals surface area contributed by atoms with Gasteiger partial charge in [-0.3, -0.25) is 14.5 Å². The normalized spacial score (nSPS) is 15.0. The van der Waals surface area contributed by atoms with Crippen LogP contribution in [0.25, 0.3) is 11.8 Å². The molecule has 0 radical (unpaired) electrons. The average Bonchev–Trinajstić information content (AvgIpc) is 3.21. The van der Waals surface area contributed by atoms with E-state index >= 15 is 0 Å². The largest absolute Gasteiger partial charge is 0.491 e. The molecule has 176 valence electrons. The zero-order chi connectivity index (χ0) is 24.6. The standard InChI is InChI=1S/C27H27IN2O3S/c1-16-6-7-17(2)24(12-16)33-11-10-29-26(31)25(34-27(29)32)15-21-14-19(4)30(20(21)5)22-8-9-23(28)18(3)13-22/h6-9,12-15H,10-11H2,1-5H3/b25-15-. The summed E-state index contributed by atoms with van der Waals surface area (Å²) in [5.41, 5.74) is 7.48. The first-order valence-electron chi connectivity index (χ1n) is 11.1. The highest BCUT2D eigenvalue weighted by Crippen LogP contribution is 2.34. The third kappa shape index (κ3) is 4.95. The second kappa shape index (κ2) is 10.00. The molecule has 0 atom stereocenters. The van der Waals surface area contributed by atoms with Crippen molar-refractivity contribution in [3.63, 3.8) is 0 Å². The van der Waals surface area contributed by atoms with Crippen LogP contribution in [0.4, 0.5) is 4.79 Å². The zero-order valence-corrected chi connectivity index (χ0v) is 22.9. The molecule has 1 saturated heterocycles. The van der Waals surface area contributed by atoms with Gasteiger partial charge in [0.25, 0.3) is 11.1 Å². The fraction of sp³-hybridized carbons (Fsp3) is 0.259. The Kier molecular flexibility index (Phi) is 7.23. The minimum Gasteiger partial charge on any atom is -0.491 e. The molecular formula is C27H27IN2O3S. The van der Waals surface area contributed by atoms with Crippen molar-refractivity contribution in [1.29, 1.82) is 0 Å². The predicted molar refractivity (Wildman–Crippen MR) is 147 cm³/mol. The van der Waals surface area contributed by atoms with E-state index in [1.165, 1.54) is 14.0 Å². The number of hydrogen-bond acceptors (Lipinski definition) is 4. The number of benzene rings is 2. The molecule has 0 spiro atoms. The number of rotatable bonds is 6. The number of imide groups is 1. The van der Waals surface area contributed by atoms with Crippen molar-refractivity contribution >= 4 is 51.6 Å². The maximum Gasteiger partial charge on any atom is 0.293 e. The Hall–Kier alpha value is -2.52. The zero-order valence-electron chi connectivity index (χ0n) is 19.9. The third-order valence-corrected chi connectivity index (χ3v) is 8.06. The van der Waals surface area contributed by atoms with Crippen molar-refractivity contribution in [2.45, 2.75) is 34.6 Å². The lowest BCUT2D eigenvalue weighted by Gasteiger charge is -2.14. The molecule has 0 bridgehead atoms. The van der Waals surface area contributed by atoms with Gasteiger partial charge < -0.3 is 9.30 Å². The summed E-state index contributed by atoms with van der Waals surface area (Å²) in [4.78, 5) is 27.3. The van der Waals surface area contributed by atoms with Gasteiger partial charge in [-0.05, 0) is 128 Å². The van der Waals surface area contributed by atoms with Gasteiger partial charge in [0, 0.05) is 20.6 Å². The lowest BCUT2D eigenvalue weighted by atomic mass is 10.1. The van der Waals surface area contributed by atoms with Crippen molar-refractivity contribution in [2.24, 2.45) is 0 Å². The number of ether oxygens (including phenoxy) is 1. The van der Waals surface area contributed by atoms with Crippen LogP contribution in [0.15, 0.2) is 47.4 Å². The number of amides is 2. The summed E-state index contributed by atoms with van der Waals surface area (Å²) >= 11 is 3.32. The Morgan fingerprint density at radius 1 is 0.971 bits per heavy atom. The quantitative estimate of drug-likeness (QED) is 0.237. The van der Waals surface area contributed by atoms with Gasteiger partial charge in [0.1, 0.15) is 12.4 Å². The Morgan fingerprint density at radius 2 is 1.74 bits per heavy atom. The van der Waals surface area contributed by atoms with Crippen LogP contribution in [0.3, 0.4) is 0 Å². The van der Waals surface area contributed by atoms with Gasteiger partial charge >= 0.3 is 0 Å². The van der Waals surface area contributed by atoms with Gasteiger partial charge in [0.15, 0.2) is 0 Å². The van der Waals surface area contributed by atoms with Crippen LogP contribution in [0.5, 0.6) is 5.75 Å². The third-order valence-electron chi connectivity index (χ3n) is 5.95. The van der Waals surface area contributed by atoms with Crippen LogP contribution >= 0.6 is 34.4 Å². The Labute approximate surface area is 218 Å². The molecule has 2 aromatic carbocycles. The van der Waals surface area contributed by atoms with E-state index in [9.17, 15) is 9.59 Å². The first-order valence-corrected chi connectivity index (χ1v) is 13.0. The molecule has 3 aromatic rings. The van der Waals surface area contributed by atoms with Gasteiger partial charge in [-0.1, -0.05) is 12.1 Å². The molecule has 1 aromatic heterocycles. The van der Waals surface area contributed by atoms with Crippen molar-refractivity contribution in [3.8, 4) is 11.4 Å². The van der Waals surface area contributed by atoms with Crippen LogP contribution in [0.2, 0.25) is 0 Å². The van der Waals surface area contributed by atoms with Gasteiger partial charge in [-0.25, -0.2) is 0 Å². The molecule has 1 fully saturated rings. The summed E-state index contributed by atoms with van der Waals surface area (Å²) in [7, 11) is 0. The van der Waals surface area contributed by atoms with Crippen molar-refractivity contribution in [2.75, 3.05) is 13.2 Å². The Balaban J connectivity index is 1.51. The fourth-order valence-electron chi connectivity index (χ4n) is 4.04. The molecule has 34 heavy (non-hydrogen) atoms. The number of nitrogens with zero attached hydrogens (tertiary/aromatic N) is 2. The van der Waals surface area contributed by atoms with E-state index in [0.29, 0.717) is 4.91 Å². The highest BCUT2D eigenvalue weighted by Gasteiger charge is 2.35. The molecule has 2 heterocycles. The molecule has 1 aliphatic rings. The summed E-state index contributed by atoms with van der Waals surface area (Å²) in [6.07, 6.45) is 1.83. The van der Waals surface area contributed by atoms with Crippen LogP contribution in [0.1, 0.15) is 33.6 Å². The number of thioether (sulfide) groups is 1. The van der Waals surface area contributed by atoms with Crippen LogP contribution in [-0.2, 0) is 4.79 Å². The first kappa shape index (κ1) is 24.6. The van der Waals surface area contributed by atoms with Gasteiger partial charge in [0.05, 0.1) is 11.4 Å². The summed E-state index contributed by atoms with van der Waals surface area (Å²) < 4.78 is 9.26. The maximum absolute atomic E-state index is 13.0. The lowest BCUT2D eigenvalue weighted by Crippen LogP contribution is -2.32. The van der Waals surface area contributed by atoms with Gasteiger partial charge in [0.2, 0.25) is 0 Å². The average molecular weight is 586 g/mol. The summed E-state index contributed by atoms with van der Waals surface area (Å²) in [6, 6.07) is 14.4. The molecule has 7 heteroatoms. The van der Waals surface area contributed by atoms with E-state index in [2.05, 4.69) is 58.3 Å². The fourth-order valence-corrected chi connectivity index (χ4v) is 5.23. The Bertz CT molecular complexity index is 1330. The SMILES string of the molecule is Cc1ccc(C)c(OCCN2C(=O)S/C(=C\c3cc(C)n(-c4ccc(I)c(C)c4)c3C)C2=O)c1. The van der Waals surface area contributed by atoms with Crippen molar-refractivity contribution in [1.82, 2.24) is 9.47 Å². The topological polar surface area (TPSA) is 51.5 Å². The summed E-state index contributed by atoms with van der Waals surface area (Å²) in [6.45, 7) is 10.6. The van der Waals surface area contributed by atoms with E-state index in [-0.39, 0.29) is 24.3 Å². The molecule has 0 N–H and O–H groups in total. The number of hydrogen-bond donors (Lipinski definition) is 0. The second-order valence-corrected chi connectivity index (χ2v) is 10.7. The molecule has 0 saturated carbocycles. The monoisotopic (exact) mass is 586 g/mol. The summed E-state index contributed by atoms with van der Waals surface area (Å²) in [5, 5.41) is -0.261. The molecule has 0 aliphatic carbocycles. The van der Waals surface area contributed by atoms with Gasteiger partial charge in [-0.2, -0.15) is 0 Å². The lowest BCUT2D eigenvalue weighted by molar-refractivity contribution is -0.123. The second-order valence-electron chi connectivity index (χ2n) is 8.55. The summed E-state index contributed by atoms with van der Waals surface area (Å²) in [5.74, 6) is 0.510. The van der Waals surface area contributed by atoms with Crippen molar-refractivity contribution in [3.05, 3.63) is 84.6 Å². The van der Waals surface area contributed by atoms with Crippen LogP contribution in [0, 0.1) is 38.2 Å². The molecule has 0 unspecified atom stereocenters. The molecule has 1 aliphatic heterocycles. The minimum absolute atomic E-state index is 0.219. The number of aryl methyl sites for hydroxylation is 4. The predicted octanol–water partition coefficient (Wildman–Crippen LogP) is 6.74. The highest BCUT2D eigenvalue weighted by molar-refractivity contribution is 14.1. The number of halogens is 1. The molecule has 2 amide bonds. The molecular weight excluding hydrogens is 559 g/mol. The number of aromatic nitrogens is 1. The highest BCUT2D eigenvalue weighted by atomic mass is 127. The number of carbonyl (C=O) groups excluding carboxylic acids is 2. The van der Waals surface area contributed by atoms with Crippen molar-refractivity contribution < 1.29 is 14.3 Å². The first-order chi connectivity index (χ1) is 16.2. The van der Waals surface area contributed by atoms with E-state index in [4.69, 9.17) is 4.74 Å². The van der Waals surface area contributed by atoms with E-state index < -0.39 is 0 Å². The smallest absolute Gasteiger partial charge is 0.293 e. The van der Waals surface area contributed by atoms with E-state index in [1.807, 2.05) is 52.0 Å².